The molecule has 7 nitrogen and oxygen atoms in total. The summed E-state index contributed by atoms with van der Waals surface area (Å²) in [6, 6.07) is 12.7. The van der Waals surface area contributed by atoms with Crippen molar-refractivity contribution in [3.63, 3.8) is 0 Å². The minimum atomic E-state index is -0.222. The van der Waals surface area contributed by atoms with Gasteiger partial charge in [-0.05, 0) is 74.6 Å². The first-order chi connectivity index (χ1) is 16.6. The molecule has 182 valence electrons. The molecule has 2 N–H and O–H groups in total. The van der Waals surface area contributed by atoms with Gasteiger partial charge in [0, 0.05) is 43.2 Å². The molecular weight excluding hydrogens is 430 g/mol. The molecule has 1 unspecified atom stereocenters. The number of anilines is 2. The maximum atomic E-state index is 13.1. The number of nitrogens with one attached hydrogen (secondary N) is 2. The lowest BCUT2D eigenvalue weighted by Crippen LogP contribution is -2.33. The highest BCUT2D eigenvalue weighted by Crippen LogP contribution is 2.28. The van der Waals surface area contributed by atoms with Crippen molar-refractivity contribution in [2.75, 3.05) is 43.1 Å². The zero-order chi connectivity index (χ0) is 23.8. The molecular formula is C27H35N3O4. The second-order valence-corrected chi connectivity index (χ2v) is 8.95. The summed E-state index contributed by atoms with van der Waals surface area (Å²) in [5, 5.41) is 5.96. The predicted octanol–water partition coefficient (Wildman–Crippen LogP) is 4.63. The molecule has 2 amide bonds. The largest absolute Gasteiger partial charge is 0.494 e. The molecule has 2 aliphatic rings. The van der Waals surface area contributed by atoms with Gasteiger partial charge in [0.05, 0.1) is 18.3 Å². The van der Waals surface area contributed by atoms with Crippen molar-refractivity contribution < 1.29 is 19.1 Å². The number of nitrogens with zero attached hydrogens (tertiary/aromatic N) is 1. The maximum Gasteiger partial charge on any atom is 0.255 e. The SMILES string of the molecule is CCCCOc1ccc(C(=O)Nc2ccc(N3CCCC3)c(C(=O)NCC3CCCO3)c2)cc1. The number of carbonyl (C=O) groups is 2. The van der Waals surface area contributed by atoms with Crippen LogP contribution in [0, 0.1) is 0 Å². The van der Waals surface area contributed by atoms with E-state index >= 15 is 0 Å². The average molecular weight is 466 g/mol. The van der Waals surface area contributed by atoms with Gasteiger partial charge in [0.1, 0.15) is 5.75 Å². The highest BCUT2D eigenvalue weighted by atomic mass is 16.5. The Morgan fingerprint density at radius 1 is 1.06 bits per heavy atom. The molecule has 4 rings (SSSR count). The summed E-state index contributed by atoms with van der Waals surface area (Å²) < 4.78 is 11.3. The van der Waals surface area contributed by atoms with Gasteiger partial charge < -0.3 is 25.0 Å². The molecule has 2 aromatic rings. The highest BCUT2D eigenvalue weighted by Gasteiger charge is 2.22. The summed E-state index contributed by atoms with van der Waals surface area (Å²) >= 11 is 0. The number of hydrogen-bond acceptors (Lipinski definition) is 5. The van der Waals surface area contributed by atoms with Crippen molar-refractivity contribution in [3.8, 4) is 5.75 Å². The molecule has 0 radical (unpaired) electrons. The summed E-state index contributed by atoms with van der Waals surface area (Å²) in [4.78, 5) is 28.2. The van der Waals surface area contributed by atoms with Crippen LogP contribution in [0.3, 0.4) is 0 Å². The minimum Gasteiger partial charge on any atom is -0.494 e. The van der Waals surface area contributed by atoms with Crippen LogP contribution in [-0.4, -0.2) is 50.8 Å². The molecule has 1 atom stereocenters. The molecule has 0 spiro atoms. The molecule has 0 aliphatic carbocycles. The van der Waals surface area contributed by atoms with E-state index < -0.39 is 0 Å². The Hall–Kier alpha value is -3.06. The van der Waals surface area contributed by atoms with E-state index in [1.807, 2.05) is 24.3 Å². The normalized spacial score (nSPS) is 17.6. The summed E-state index contributed by atoms with van der Waals surface area (Å²) in [6.45, 7) is 5.92. The average Bonchev–Trinajstić information content (AvgIpc) is 3.58. The summed E-state index contributed by atoms with van der Waals surface area (Å²) in [7, 11) is 0. The monoisotopic (exact) mass is 465 g/mol. The molecule has 0 aromatic heterocycles. The fraction of sp³-hybridized carbons (Fsp3) is 0.481. The first-order valence-electron chi connectivity index (χ1n) is 12.5. The minimum absolute atomic E-state index is 0.0796. The third-order valence-electron chi connectivity index (χ3n) is 6.34. The Labute approximate surface area is 201 Å². The van der Waals surface area contributed by atoms with Crippen LogP contribution in [0.2, 0.25) is 0 Å². The third-order valence-corrected chi connectivity index (χ3v) is 6.34. The van der Waals surface area contributed by atoms with Crippen LogP contribution in [0.1, 0.15) is 66.2 Å². The Morgan fingerprint density at radius 2 is 1.85 bits per heavy atom. The van der Waals surface area contributed by atoms with E-state index in [1.165, 1.54) is 0 Å². The van der Waals surface area contributed by atoms with Crippen molar-refractivity contribution >= 4 is 23.2 Å². The highest BCUT2D eigenvalue weighted by molar-refractivity contribution is 6.06. The maximum absolute atomic E-state index is 13.1. The second kappa shape index (κ2) is 11.9. The van der Waals surface area contributed by atoms with E-state index in [0.29, 0.717) is 30.0 Å². The van der Waals surface area contributed by atoms with Gasteiger partial charge in [0.15, 0.2) is 0 Å². The number of unbranched alkanes of at least 4 members (excludes halogenated alkanes) is 1. The zero-order valence-electron chi connectivity index (χ0n) is 20.0. The van der Waals surface area contributed by atoms with Crippen LogP contribution in [0.15, 0.2) is 42.5 Å². The lowest BCUT2D eigenvalue weighted by atomic mass is 10.1. The summed E-state index contributed by atoms with van der Waals surface area (Å²) in [6.07, 6.45) is 6.40. The first-order valence-corrected chi connectivity index (χ1v) is 12.5. The van der Waals surface area contributed by atoms with E-state index in [1.54, 1.807) is 18.2 Å². The molecule has 2 aliphatic heterocycles. The fourth-order valence-electron chi connectivity index (χ4n) is 4.38. The van der Waals surface area contributed by atoms with Gasteiger partial charge in [-0.1, -0.05) is 13.3 Å². The van der Waals surface area contributed by atoms with E-state index in [-0.39, 0.29) is 17.9 Å². The lowest BCUT2D eigenvalue weighted by molar-refractivity contribution is 0.0858. The van der Waals surface area contributed by atoms with Crippen LogP contribution in [0.4, 0.5) is 11.4 Å². The van der Waals surface area contributed by atoms with Crippen LogP contribution in [-0.2, 0) is 4.74 Å². The van der Waals surface area contributed by atoms with Crippen molar-refractivity contribution in [1.29, 1.82) is 0 Å². The van der Waals surface area contributed by atoms with Gasteiger partial charge in [-0.25, -0.2) is 0 Å². The van der Waals surface area contributed by atoms with E-state index in [4.69, 9.17) is 9.47 Å². The standard InChI is InChI=1S/C27H35N3O4/c1-2-3-16-33-22-11-8-20(9-12-22)26(31)29-21-10-13-25(30-14-4-5-15-30)24(18-21)27(32)28-19-23-7-6-17-34-23/h8-13,18,23H,2-7,14-17,19H2,1H3,(H,28,32)(H,29,31). The van der Waals surface area contributed by atoms with Gasteiger partial charge in [-0.15, -0.1) is 0 Å². The number of carbonyl (C=O) groups excluding carboxylic acids is 2. The van der Waals surface area contributed by atoms with Crippen LogP contribution in [0.5, 0.6) is 5.75 Å². The molecule has 2 fully saturated rings. The van der Waals surface area contributed by atoms with E-state index in [9.17, 15) is 9.59 Å². The number of amides is 2. The lowest BCUT2D eigenvalue weighted by Gasteiger charge is -2.22. The Morgan fingerprint density at radius 3 is 2.56 bits per heavy atom. The molecule has 2 aromatic carbocycles. The number of ether oxygens (including phenoxy) is 2. The quantitative estimate of drug-likeness (QED) is 0.500. The van der Waals surface area contributed by atoms with Crippen molar-refractivity contribution in [1.82, 2.24) is 5.32 Å². The van der Waals surface area contributed by atoms with Crippen LogP contribution < -0.4 is 20.3 Å². The topological polar surface area (TPSA) is 79.9 Å². The van der Waals surface area contributed by atoms with Gasteiger partial charge in [0.2, 0.25) is 0 Å². The summed E-state index contributed by atoms with van der Waals surface area (Å²) in [5.41, 5.74) is 2.63. The molecule has 0 bridgehead atoms. The Bertz CT molecular complexity index is 964. The zero-order valence-corrected chi connectivity index (χ0v) is 20.0. The Kier molecular flexibility index (Phi) is 8.41. The second-order valence-electron chi connectivity index (χ2n) is 8.95. The smallest absolute Gasteiger partial charge is 0.255 e. The summed E-state index contributed by atoms with van der Waals surface area (Å²) in [5.74, 6) is 0.395. The molecule has 7 heteroatoms. The third kappa shape index (κ3) is 6.29. The predicted molar refractivity (Wildman–Crippen MR) is 134 cm³/mol. The van der Waals surface area contributed by atoms with Crippen molar-refractivity contribution in [2.45, 2.75) is 51.6 Å². The Balaban J connectivity index is 1.45. The number of benzene rings is 2. The fourth-order valence-corrected chi connectivity index (χ4v) is 4.38. The molecule has 2 saturated heterocycles. The van der Waals surface area contributed by atoms with Crippen LogP contribution >= 0.6 is 0 Å². The van der Waals surface area contributed by atoms with Gasteiger partial charge >= 0.3 is 0 Å². The van der Waals surface area contributed by atoms with E-state index in [0.717, 1.165) is 69.7 Å². The van der Waals surface area contributed by atoms with Crippen molar-refractivity contribution in [2.24, 2.45) is 0 Å². The number of rotatable bonds is 10. The molecule has 2 heterocycles. The van der Waals surface area contributed by atoms with Gasteiger partial charge in [0.25, 0.3) is 11.8 Å². The molecule has 34 heavy (non-hydrogen) atoms. The van der Waals surface area contributed by atoms with Gasteiger partial charge in [-0.2, -0.15) is 0 Å². The first kappa shape index (κ1) is 24.1. The number of hydrogen-bond donors (Lipinski definition) is 2. The van der Waals surface area contributed by atoms with E-state index in [2.05, 4.69) is 22.5 Å². The van der Waals surface area contributed by atoms with Crippen molar-refractivity contribution in [3.05, 3.63) is 53.6 Å². The van der Waals surface area contributed by atoms with Crippen LogP contribution in [0.25, 0.3) is 0 Å². The van der Waals surface area contributed by atoms with Gasteiger partial charge in [-0.3, -0.25) is 9.59 Å². The molecule has 0 saturated carbocycles.